The Hall–Kier alpha value is -1.20. The monoisotopic (exact) mass is 277 g/mol. The molecule has 1 amide bonds. The van der Waals surface area contributed by atoms with E-state index >= 15 is 0 Å². The first-order valence-electron chi connectivity index (χ1n) is 5.41. The third-order valence-electron chi connectivity index (χ3n) is 2.26. The van der Waals surface area contributed by atoms with Gasteiger partial charge in [0.25, 0.3) is 5.91 Å². The van der Waals surface area contributed by atoms with Crippen molar-refractivity contribution in [2.75, 3.05) is 20.3 Å². The molecule has 3 nitrogen and oxygen atoms in total. The van der Waals surface area contributed by atoms with E-state index in [0.717, 1.165) is 18.2 Å². The van der Waals surface area contributed by atoms with Gasteiger partial charge in [0, 0.05) is 13.7 Å². The lowest BCUT2D eigenvalue weighted by Crippen LogP contribution is -2.27. The molecule has 0 spiro atoms. The van der Waals surface area contributed by atoms with Crippen LogP contribution >= 0.6 is 11.6 Å². The minimum absolute atomic E-state index is 0.229. The fourth-order valence-electron chi connectivity index (χ4n) is 1.37. The minimum atomic E-state index is -0.756. The second-order valence-electron chi connectivity index (χ2n) is 3.72. The van der Waals surface area contributed by atoms with Gasteiger partial charge in [0.05, 0.1) is 17.5 Å². The smallest absolute Gasteiger partial charge is 0.254 e. The summed E-state index contributed by atoms with van der Waals surface area (Å²) in [6, 6.07) is 2.73. The van der Waals surface area contributed by atoms with E-state index in [2.05, 4.69) is 5.32 Å². The summed E-state index contributed by atoms with van der Waals surface area (Å²) in [5.74, 6) is -2.07. The predicted molar refractivity (Wildman–Crippen MR) is 64.8 cm³/mol. The van der Waals surface area contributed by atoms with Crippen LogP contribution in [0.25, 0.3) is 0 Å². The highest BCUT2D eigenvalue weighted by Gasteiger charge is 2.13. The molecule has 0 radical (unpaired) electrons. The van der Waals surface area contributed by atoms with Crippen LogP contribution in [-0.4, -0.2) is 31.5 Å². The number of ether oxygens (including phenoxy) is 1. The molecule has 0 saturated carbocycles. The van der Waals surface area contributed by atoms with Crippen LogP contribution in [0.4, 0.5) is 8.78 Å². The van der Waals surface area contributed by atoms with Gasteiger partial charge in [-0.15, -0.1) is 11.6 Å². The third kappa shape index (κ3) is 4.58. The molecule has 0 aliphatic heterocycles. The van der Waals surface area contributed by atoms with Gasteiger partial charge in [0.1, 0.15) is 11.6 Å². The number of alkyl halides is 1. The summed E-state index contributed by atoms with van der Waals surface area (Å²) in [7, 11) is 1.52. The first-order chi connectivity index (χ1) is 8.54. The fraction of sp³-hybridized carbons (Fsp3) is 0.417. The van der Waals surface area contributed by atoms with Crippen molar-refractivity contribution in [1.82, 2.24) is 5.32 Å². The van der Waals surface area contributed by atoms with Crippen molar-refractivity contribution in [2.24, 2.45) is 0 Å². The molecule has 1 aromatic rings. The number of carbonyl (C=O) groups is 1. The molecule has 0 heterocycles. The second kappa shape index (κ2) is 7.28. The highest BCUT2D eigenvalue weighted by atomic mass is 35.5. The number of rotatable bonds is 6. The third-order valence-corrected chi connectivity index (χ3v) is 2.61. The van der Waals surface area contributed by atoms with Gasteiger partial charge in [-0.3, -0.25) is 4.79 Å². The molecule has 1 aromatic carbocycles. The standard InChI is InChI=1S/C12H14ClF2NO2/c1-18-7-8(13)4-5-16-12(17)10-6-9(14)2-3-11(10)15/h2-3,6,8H,4-5,7H2,1H3,(H,16,17). The largest absolute Gasteiger partial charge is 0.383 e. The van der Waals surface area contributed by atoms with E-state index in [0.29, 0.717) is 13.0 Å². The number of halogens is 3. The molecule has 0 bridgehead atoms. The molecule has 0 aliphatic rings. The van der Waals surface area contributed by atoms with Crippen molar-refractivity contribution >= 4 is 17.5 Å². The Morgan fingerprint density at radius 2 is 2.22 bits per heavy atom. The maximum absolute atomic E-state index is 13.3. The lowest BCUT2D eigenvalue weighted by Gasteiger charge is -2.09. The Bertz CT molecular complexity index is 415. The van der Waals surface area contributed by atoms with E-state index in [1.807, 2.05) is 0 Å². The summed E-state index contributed by atoms with van der Waals surface area (Å²) in [5.41, 5.74) is -0.312. The maximum Gasteiger partial charge on any atom is 0.254 e. The molecular formula is C12H14ClF2NO2. The number of hydrogen-bond donors (Lipinski definition) is 1. The van der Waals surface area contributed by atoms with Crippen LogP contribution in [0.3, 0.4) is 0 Å². The molecule has 18 heavy (non-hydrogen) atoms. The normalized spacial score (nSPS) is 12.2. The number of carbonyl (C=O) groups excluding carboxylic acids is 1. The van der Waals surface area contributed by atoms with Gasteiger partial charge in [-0.2, -0.15) is 0 Å². The molecule has 1 unspecified atom stereocenters. The molecular weight excluding hydrogens is 264 g/mol. The second-order valence-corrected chi connectivity index (χ2v) is 4.34. The number of amides is 1. The molecule has 0 aliphatic carbocycles. The Labute approximate surface area is 109 Å². The van der Waals surface area contributed by atoms with Crippen LogP contribution in [0.2, 0.25) is 0 Å². The van der Waals surface area contributed by atoms with Crippen molar-refractivity contribution in [3.05, 3.63) is 35.4 Å². The molecule has 0 aromatic heterocycles. The predicted octanol–water partition coefficient (Wildman–Crippen LogP) is 2.34. The zero-order valence-electron chi connectivity index (χ0n) is 9.88. The molecule has 0 fully saturated rings. The van der Waals surface area contributed by atoms with E-state index in [-0.39, 0.29) is 17.5 Å². The van der Waals surface area contributed by atoms with Crippen LogP contribution in [-0.2, 0) is 4.74 Å². The topological polar surface area (TPSA) is 38.3 Å². The highest BCUT2D eigenvalue weighted by molar-refractivity contribution is 6.20. The van der Waals surface area contributed by atoms with E-state index in [1.165, 1.54) is 7.11 Å². The SMILES string of the molecule is COCC(Cl)CCNC(=O)c1cc(F)ccc1F. The van der Waals surface area contributed by atoms with Crippen molar-refractivity contribution in [1.29, 1.82) is 0 Å². The zero-order chi connectivity index (χ0) is 13.5. The summed E-state index contributed by atoms with van der Waals surface area (Å²) in [6.07, 6.45) is 0.484. The first kappa shape index (κ1) is 14.9. The molecule has 6 heteroatoms. The van der Waals surface area contributed by atoms with Crippen LogP contribution in [0.1, 0.15) is 16.8 Å². The van der Waals surface area contributed by atoms with Gasteiger partial charge >= 0.3 is 0 Å². The van der Waals surface area contributed by atoms with Crippen LogP contribution in [0, 0.1) is 11.6 Å². The minimum Gasteiger partial charge on any atom is -0.383 e. The maximum atomic E-state index is 13.3. The molecule has 0 saturated heterocycles. The Balaban J connectivity index is 2.48. The van der Waals surface area contributed by atoms with Crippen molar-refractivity contribution in [2.45, 2.75) is 11.8 Å². The van der Waals surface area contributed by atoms with E-state index in [9.17, 15) is 13.6 Å². The Morgan fingerprint density at radius 3 is 2.89 bits per heavy atom. The lowest BCUT2D eigenvalue weighted by molar-refractivity contribution is 0.0947. The summed E-state index contributed by atoms with van der Waals surface area (Å²) < 4.78 is 31.0. The van der Waals surface area contributed by atoms with Gasteiger partial charge in [-0.1, -0.05) is 0 Å². The average molecular weight is 278 g/mol. The summed E-state index contributed by atoms with van der Waals surface area (Å²) in [5, 5.41) is 2.24. The van der Waals surface area contributed by atoms with E-state index in [4.69, 9.17) is 16.3 Å². The zero-order valence-corrected chi connectivity index (χ0v) is 10.6. The molecule has 100 valence electrons. The summed E-state index contributed by atoms with van der Waals surface area (Å²) in [6.45, 7) is 0.637. The number of nitrogens with one attached hydrogen (secondary N) is 1. The number of benzene rings is 1. The fourth-order valence-corrected chi connectivity index (χ4v) is 1.61. The van der Waals surface area contributed by atoms with Crippen molar-refractivity contribution < 1.29 is 18.3 Å². The number of hydrogen-bond acceptors (Lipinski definition) is 2. The van der Waals surface area contributed by atoms with Crippen LogP contribution in [0.15, 0.2) is 18.2 Å². The van der Waals surface area contributed by atoms with Crippen LogP contribution < -0.4 is 5.32 Å². The number of methoxy groups -OCH3 is 1. The Morgan fingerprint density at radius 1 is 1.50 bits per heavy atom. The van der Waals surface area contributed by atoms with Gasteiger partial charge in [-0.25, -0.2) is 8.78 Å². The van der Waals surface area contributed by atoms with E-state index in [1.54, 1.807) is 0 Å². The van der Waals surface area contributed by atoms with Crippen molar-refractivity contribution in [3.63, 3.8) is 0 Å². The Kier molecular flexibility index (Phi) is 6.01. The highest BCUT2D eigenvalue weighted by Crippen LogP contribution is 2.09. The van der Waals surface area contributed by atoms with E-state index < -0.39 is 17.5 Å². The summed E-state index contributed by atoms with van der Waals surface area (Å²) in [4.78, 5) is 11.6. The molecule has 1 N–H and O–H groups in total. The lowest BCUT2D eigenvalue weighted by atomic mass is 10.2. The summed E-state index contributed by atoms with van der Waals surface area (Å²) >= 11 is 5.86. The van der Waals surface area contributed by atoms with Gasteiger partial charge in [0.2, 0.25) is 0 Å². The van der Waals surface area contributed by atoms with Gasteiger partial charge in [0.15, 0.2) is 0 Å². The van der Waals surface area contributed by atoms with Crippen LogP contribution in [0.5, 0.6) is 0 Å². The van der Waals surface area contributed by atoms with Gasteiger partial charge < -0.3 is 10.1 Å². The quantitative estimate of drug-likeness (QED) is 0.811. The molecule has 1 atom stereocenters. The van der Waals surface area contributed by atoms with Gasteiger partial charge in [-0.05, 0) is 24.6 Å². The average Bonchev–Trinajstić information content (AvgIpc) is 2.32. The first-order valence-corrected chi connectivity index (χ1v) is 5.84. The van der Waals surface area contributed by atoms with Crippen molar-refractivity contribution in [3.8, 4) is 0 Å². The molecule has 1 rings (SSSR count).